The topological polar surface area (TPSA) is 38.2 Å². The molecule has 0 bridgehead atoms. The summed E-state index contributed by atoms with van der Waals surface area (Å²) in [6, 6.07) is 12.4. The van der Waals surface area contributed by atoms with E-state index in [0.29, 0.717) is 6.61 Å². The first-order valence-corrected chi connectivity index (χ1v) is 9.53. The molecule has 4 nitrogen and oxygen atoms in total. The minimum absolute atomic E-state index is 0.694. The average molecular weight is 351 g/mol. The molecule has 0 saturated carbocycles. The molecule has 25 heavy (non-hydrogen) atoms. The Morgan fingerprint density at radius 2 is 2.12 bits per heavy atom. The van der Waals surface area contributed by atoms with Gasteiger partial charge in [-0.05, 0) is 24.4 Å². The molecule has 5 heteroatoms. The standard InChI is InChI=1S/C20H21N3OS/c1-2-24-18-7-4-3-6-15(18)13-23-10-9-17-16(14-23)12-21-20(22-17)19-8-5-11-25-19/h3-8,11-12H,2,9-10,13-14H2,1H3. The van der Waals surface area contributed by atoms with Crippen molar-refractivity contribution in [1.29, 1.82) is 0 Å². The van der Waals surface area contributed by atoms with Crippen molar-refractivity contribution in [2.45, 2.75) is 26.4 Å². The van der Waals surface area contributed by atoms with Gasteiger partial charge in [-0.15, -0.1) is 11.3 Å². The Balaban J connectivity index is 1.50. The van der Waals surface area contributed by atoms with Gasteiger partial charge in [-0.2, -0.15) is 0 Å². The third kappa shape index (κ3) is 3.57. The molecule has 0 unspecified atom stereocenters. The van der Waals surface area contributed by atoms with Crippen LogP contribution in [0, 0.1) is 0 Å². The summed E-state index contributed by atoms with van der Waals surface area (Å²) in [6.07, 6.45) is 2.96. The highest BCUT2D eigenvalue weighted by molar-refractivity contribution is 7.13. The highest BCUT2D eigenvalue weighted by Gasteiger charge is 2.20. The van der Waals surface area contributed by atoms with Crippen molar-refractivity contribution >= 4 is 11.3 Å². The van der Waals surface area contributed by atoms with E-state index < -0.39 is 0 Å². The minimum atomic E-state index is 0.694. The highest BCUT2D eigenvalue weighted by Crippen LogP contribution is 2.26. The maximum Gasteiger partial charge on any atom is 0.169 e. The fourth-order valence-electron chi connectivity index (χ4n) is 3.21. The third-order valence-corrected chi connectivity index (χ3v) is 5.29. The zero-order valence-corrected chi connectivity index (χ0v) is 15.1. The predicted octanol–water partition coefficient (Wildman–Crippen LogP) is 4.16. The smallest absolute Gasteiger partial charge is 0.169 e. The van der Waals surface area contributed by atoms with Crippen LogP contribution in [0.25, 0.3) is 10.7 Å². The first kappa shape index (κ1) is 16.2. The molecule has 0 fully saturated rings. The maximum absolute atomic E-state index is 5.75. The number of hydrogen-bond acceptors (Lipinski definition) is 5. The molecule has 4 rings (SSSR count). The van der Waals surface area contributed by atoms with Crippen LogP contribution in [0.3, 0.4) is 0 Å². The van der Waals surface area contributed by atoms with E-state index in [1.54, 1.807) is 11.3 Å². The molecule has 3 aromatic rings. The van der Waals surface area contributed by atoms with Crippen LogP contribution >= 0.6 is 11.3 Å². The molecule has 0 spiro atoms. The summed E-state index contributed by atoms with van der Waals surface area (Å²) >= 11 is 1.69. The summed E-state index contributed by atoms with van der Waals surface area (Å²) in [4.78, 5) is 12.9. The highest BCUT2D eigenvalue weighted by atomic mass is 32.1. The Bertz CT molecular complexity index is 848. The number of nitrogens with zero attached hydrogens (tertiary/aromatic N) is 3. The summed E-state index contributed by atoms with van der Waals surface area (Å²) in [7, 11) is 0. The van der Waals surface area contributed by atoms with Gasteiger partial charge in [0.1, 0.15) is 5.75 Å². The summed E-state index contributed by atoms with van der Waals surface area (Å²) in [5.74, 6) is 1.84. The van der Waals surface area contributed by atoms with E-state index in [1.165, 1.54) is 16.8 Å². The molecule has 0 atom stereocenters. The van der Waals surface area contributed by atoms with Crippen molar-refractivity contribution < 1.29 is 4.74 Å². The van der Waals surface area contributed by atoms with Crippen molar-refractivity contribution in [3.05, 3.63) is 64.8 Å². The van der Waals surface area contributed by atoms with E-state index in [1.807, 2.05) is 31.3 Å². The van der Waals surface area contributed by atoms with Gasteiger partial charge in [-0.3, -0.25) is 4.90 Å². The minimum Gasteiger partial charge on any atom is -0.494 e. The largest absolute Gasteiger partial charge is 0.494 e. The molecule has 128 valence electrons. The second kappa shape index (κ2) is 7.33. The Hall–Kier alpha value is -2.24. The van der Waals surface area contributed by atoms with Gasteiger partial charge in [0.2, 0.25) is 0 Å². The van der Waals surface area contributed by atoms with E-state index in [4.69, 9.17) is 9.72 Å². The predicted molar refractivity (Wildman–Crippen MR) is 101 cm³/mol. The molecule has 1 aliphatic heterocycles. The number of benzene rings is 1. The van der Waals surface area contributed by atoms with Crippen LogP contribution < -0.4 is 4.74 Å². The van der Waals surface area contributed by atoms with Gasteiger partial charge in [0.05, 0.1) is 17.2 Å². The lowest BCUT2D eigenvalue weighted by Gasteiger charge is -2.28. The monoisotopic (exact) mass is 351 g/mol. The normalized spacial score (nSPS) is 14.3. The van der Waals surface area contributed by atoms with E-state index in [2.05, 4.69) is 33.5 Å². The van der Waals surface area contributed by atoms with Crippen LogP contribution in [0.5, 0.6) is 5.75 Å². The second-order valence-corrected chi connectivity index (χ2v) is 7.09. The molecule has 0 amide bonds. The first-order valence-electron chi connectivity index (χ1n) is 8.65. The zero-order chi connectivity index (χ0) is 17.1. The van der Waals surface area contributed by atoms with Gasteiger partial charge in [0.25, 0.3) is 0 Å². The Morgan fingerprint density at radius 1 is 1.20 bits per heavy atom. The number of aromatic nitrogens is 2. The molecular formula is C20H21N3OS. The third-order valence-electron chi connectivity index (χ3n) is 4.42. The van der Waals surface area contributed by atoms with Crippen LogP contribution in [0.4, 0.5) is 0 Å². The van der Waals surface area contributed by atoms with E-state index in [-0.39, 0.29) is 0 Å². The molecule has 0 aliphatic carbocycles. The molecule has 0 N–H and O–H groups in total. The lowest BCUT2D eigenvalue weighted by atomic mass is 10.1. The maximum atomic E-state index is 5.75. The fraction of sp³-hybridized carbons (Fsp3) is 0.300. The van der Waals surface area contributed by atoms with Gasteiger partial charge in [0.15, 0.2) is 5.82 Å². The van der Waals surface area contributed by atoms with Crippen molar-refractivity contribution in [3.63, 3.8) is 0 Å². The Kier molecular flexibility index (Phi) is 4.76. The van der Waals surface area contributed by atoms with E-state index >= 15 is 0 Å². The number of thiophene rings is 1. The summed E-state index contributed by atoms with van der Waals surface area (Å²) in [5, 5.41) is 2.07. The van der Waals surface area contributed by atoms with Gasteiger partial charge in [-0.1, -0.05) is 24.3 Å². The molecular weight excluding hydrogens is 330 g/mol. The summed E-state index contributed by atoms with van der Waals surface area (Å²) < 4.78 is 5.75. The van der Waals surface area contributed by atoms with Crippen LogP contribution in [0.15, 0.2) is 48.0 Å². The summed E-state index contributed by atoms with van der Waals surface area (Å²) in [5.41, 5.74) is 3.66. The lowest BCUT2D eigenvalue weighted by Crippen LogP contribution is -2.31. The molecule has 0 radical (unpaired) electrons. The second-order valence-electron chi connectivity index (χ2n) is 6.14. The van der Waals surface area contributed by atoms with Crippen molar-refractivity contribution in [2.24, 2.45) is 0 Å². The lowest BCUT2D eigenvalue weighted by molar-refractivity contribution is 0.237. The Morgan fingerprint density at radius 3 is 2.96 bits per heavy atom. The molecule has 0 saturated heterocycles. The quantitative estimate of drug-likeness (QED) is 0.692. The zero-order valence-electron chi connectivity index (χ0n) is 14.3. The van der Waals surface area contributed by atoms with Crippen LogP contribution in [0.1, 0.15) is 23.7 Å². The van der Waals surface area contributed by atoms with Gasteiger partial charge < -0.3 is 4.74 Å². The Labute approximate surface area is 152 Å². The van der Waals surface area contributed by atoms with Crippen molar-refractivity contribution in [3.8, 4) is 16.5 Å². The number of hydrogen-bond donors (Lipinski definition) is 0. The van der Waals surface area contributed by atoms with E-state index in [0.717, 1.165) is 42.5 Å². The van der Waals surface area contributed by atoms with E-state index in [9.17, 15) is 0 Å². The number of rotatable bonds is 5. The molecule has 1 aromatic carbocycles. The number of ether oxygens (including phenoxy) is 1. The van der Waals surface area contributed by atoms with Crippen molar-refractivity contribution in [2.75, 3.05) is 13.2 Å². The van der Waals surface area contributed by atoms with Crippen molar-refractivity contribution in [1.82, 2.24) is 14.9 Å². The fourth-order valence-corrected chi connectivity index (χ4v) is 3.87. The van der Waals surface area contributed by atoms with Gasteiger partial charge in [0, 0.05) is 43.4 Å². The number of fused-ring (bicyclic) bond motifs is 1. The number of para-hydroxylation sites is 1. The molecule has 3 heterocycles. The molecule has 2 aromatic heterocycles. The molecule has 1 aliphatic rings. The van der Waals surface area contributed by atoms with Gasteiger partial charge in [-0.25, -0.2) is 9.97 Å². The van der Waals surface area contributed by atoms with Crippen LogP contribution in [-0.2, 0) is 19.5 Å². The first-order chi connectivity index (χ1) is 12.3. The van der Waals surface area contributed by atoms with Gasteiger partial charge >= 0.3 is 0 Å². The average Bonchev–Trinajstić information content (AvgIpc) is 3.18. The van der Waals surface area contributed by atoms with Crippen LogP contribution in [0.2, 0.25) is 0 Å². The SMILES string of the molecule is CCOc1ccccc1CN1CCc2nc(-c3cccs3)ncc2C1. The summed E-state index contributed by atoms with van der Waals surface area (Å²) in [6.45, 7) is 5.51. The van der Waals surface area contributed by atoms with Crippen LogP contribution in [-0.4, -0.2) is 28.0 Å².